The van der Waals surface area contributed by atoms with Gasteiger partial charge >= 0.3 is 21.7 Å². The van der Waals surface area contributed by atoms with Crippen LogP contribution in [0.25, 0.3) is 0 Å². The summed E-state index contributed by atoms with van der Waals surface area (Å²) in [6.07, 6.45) is 20.0. The molecule has 0 heterocycles. The molecule has 0 bridgehead atoms. The van der Waals surface area contributed by atoms with E-state index in [0.29, 0.717) is 0 Å². The molecule has 0 saturated heterocycles. The minimum absolute atomic E-state index is 0. The first kappa shape index (κ1) is 31.1. The van der Waals surface area contributed by atoms with Gasteiger partial charge in [-0.3, -0.25) is 12.2 Å². The van der Waals surface area contributed by atoms with E-state index in [1.165, 1.54) is 55.6 Å². The molecule has 2 aliphatic carbocycles. The molecule has 0 saturated carbocycles. The predicted molar refractivity (Wildman–Crippen MR) is 141 cm³/mol. The third kappa shape index (κ3) is 10.3. The normalized spacial score (nSPS) is 12.2. The summed E-state index contributed by atoms with van der Waals surface area (Å²) in [5.41, 5.74) is 13.5. The maximum atomic E-state index is 3.35. The van der Waals surface area contributed by atoms with Gasteiger partial charge in [-0.15, -0.1) is 12.8 Å². The summed E-state index contributed by atoms with van der Waals surface area (Å²) in [7, 11) is 0. The summed E-state index contributed by atoms with van der Waals surface area (Å²) >= 11 is 0. The van der Waals surface area contributed by atoms with Crippen LogP contribution in [0.15, 0.2) is 36.5 Å². The summed E-state index contributed by atoms with van der Waals surface area (Å²) < 4.78 is 0. The molecule has 0 spiro atoms. The zero-order chi connectivity index (χ0) is 24.3. The second-order valence-corrected chi connectivity index (χ2v) is 8.51. The fraction of sp³-hybridized carbons (Fsp3) is 0.375. The van der Waals surface area contributed by atoms with Crippen LogP contribution in [0.1, 0.15) is 68.5 Å². The van der Waals surface area contributed by atoms with Crippen LogP contribution in [-0.2, 0) is 21.7 Å². The number of allylic oxidation sites excluding steroid dienone is 8. The quantitative estimate of drug-likeness (QED) is 0.266. The van der Waals surface area contributed by atoms with Gasteiger partial charge in [-0.1, -0.05) is 69.2 Å². The van der Waals surface area contributed by atoms with Crippen LogP contribution in [0.5, 0.6) is 0 Å². The number of hydrogen-bond donors (Lipinski definition) is 0. The van der Waals surface area contributed by atoms with Crippen molar-refractivity contribution in [1.82, 2.24) is 0 Å². The fourth-order valence-corrected chi connectivity index (χ4v) is 3.31. The fourth-order valence-electron chi connectivity index (χ4n) is 3.31. The van der Waals surface area contributed by atoms with Crippen LogP contribution in [0, 0.1) is 93.5 Å². The predicted octanol–water partition coefficient (Wildman–Crippen LogP) is 8.67. The Hall–Kier alpha value is -1.89. The molecule has 0 aliphatic heterocycles. The van der Waals surface area contributed by atoms with Crippen molar-refractivity contribution >= 4 is 0 Å². The van der Waals surface area contributed by atoms with Gasteiger partial charge in [0.1, 0.15) is 0 Å². The largest absolute Gasteiger partial charge is 4.00 e. The Morgan fingerprint density at radius 3 is 0.879 bits per heavy atom. The van der Waals surface area contributed by atoms with Crippen LogP contribution < -0.4 is 0 Å². The molecule has 0 radical (unpaired) electrons. The Morgan fingerprint density at radius 2 is 0.727 bits per heavy atom. The van der Waals surface area contributed by atoms with Crippen LogP contribution in [0.2, 0.25) is 0 Å². The third-order valence-electron chi connectivity index (χ3n) is 6.42. The molecular weight excluding hydrogens is 432 g/mol. The summed E-state index contributed by atoms with van der Waals surface area (Å²) in [6, 6.07) is 6.70. The Balaban J connectivity index is 0.000000434. The van der Waals surface area contributed by atoms with Crippen molar-refractivity contribution in [2.45, 2.75) is 82.1 Å². The molecule has 172 valence electrons. The van der Waals surface area contributed by atoms with Crippen molar-refractivity contribution in [1.29, 1.82) is 0 Å². The number of hydrogen-bond acceptors (Lipinski definition) is 0. The SMILES string of the molecule is Cc1[c-]c(C)c(C)c(C)c1C.Cc1[c-]c(C)c(C)c(C)c1C.[C-]1=CC=CC1.[C-]1=CC=CC1.[Ti+4]. The molecule has 33 heavy (non-hydrogen) atoms. The van der Waals surface area contributed by atoms with E-state index in [4.69, 9.17) is 0 Å². The number of aryl methyl sites for hydroxylation is 4. The van der Waals surface area contributed by atoms with Crippen LogP contribution in [0.4, 0.5) is 0 Å². The molecule has 0 amide bonds. The minimum Gasteiger partial charge on any atom is -0.273 e. The Kier molecular flexibility index (Phi) is 15.0. The molecule has 0 nitrogen and oxygen atoms in total. The summed E-state index contributed by atoms with van der Waals surface area (Å²) in [5.74, 6) is 0. The average molecular weight is 473 g/mol. The molecule has 2 aromatic rings. The Bertz CT molecular complexity index is 858. The van der Waals surface area contributed by atoms with Crippen LogP contribution in [-0.4, -0.2) is 0 Å². The second-order valence-electron chi connectivity index (χ2n) is 8.51. The second kappa shape index (κ2) is 15.9. The maximum Gasteiger partial charge on any atom is 4.00 e. The third-order valence-corrected chi connectivity index (χ3v) is 6.42. The van der Waals surface area contributed by atoms with Gasteiger partial charge in [0.15, 0.2) is 0 Å². The van der Waals surface area contributed by atoms with Gasteiger partial charge < -0.3 is 0 Å². The molecular formula is C32H40Ti. The van der Waals surface area contributed by atoms with E-state index in [0.717, 1.165) is 12.8 Å². The van der Waals surface area contributed by atoms with E-state index in [1.54, 1.807) is 0 Å². The van der Waals surface area contributed by atoms with E-state index >= 15 is 0 Å². The van der Waals surface area contributed by atoms with Crippen molar-refractivity contribution in [2.24, 2.45) is 0 Å². The Labute approximate surface area is 219 Å². The summed E-state index contributed by atoms with van der Waals surface area (Å²) in [6.45, 7) is 21.5. The summed E-state index contributed by atoms with van der Waals surface area (Å²) in [4.78, 5) is 0. The van der Waals surface area contributed by atoms with Gasteiger partial charge in [0, 0.05) is 0 Å². The van der Waals surface area contributed by atoms with Gasteiger partial charge in [-0.05, 0) is 0 Å². The van der Waals surface area contributed by atoms with E-state index in [2.05, 4.69) is 106 Å². The number of rotatable bonds is 0. The molecule has 0 aromatic heterocycles. The first-order chi connectivity index (χ1) is 15.1. The molecule has 0 fully saturated rings. The molecule has 0 unspecified atom stereocenters. The smallest absolute Gasteiger partial charge is 0.273 e. The van der Waals surface area contributed by atoms with Gasteiger partial charge in [0.2, 0.25) is 0 Å². The molecule has 0 atom stereocenters. The molecule has 2 aliphatic rings. The van der Waals surface area contributed by atoms with Crippen LogP contribution in [0.3, 0.4) is 0 Å². The zero-order valence-electron chi connectivity index (χ0n) is 22.4. The Morgan fingerprint density at radius 1 is 0.455 bits per heavy atom. The molecule has 2 aromatic carbocycles. The monoisotopic (exact) mass is 472 g/mol. The van der Waals surface area contributed by atoms with Gasteiger partial charge in [0.25, 0.3) is 0 Å². The topological polar surface area (TPSA) is 0 Å². The molecule has 4 rings (SSSR count). The van der Waals surface area contributed by atoms with Crippen molar-refractivity contribution in [3.05, 3.63) is 116 Å². The van der Waals surface area contributed by atoms with E-state index < -0.39 is 0 Å². The van der Waals surface area contributed by atoms with Crippen LogP contribution >= 0.6 is 0 Å². The molecule has 1 heteroatoms. The zero-order valence-corrected chi connectivity index (χ0v) is 23.9. The van der Waals surface area contributed by atoms with Crippen molar-refractivity contribution in [3.8, 4) is 0 Å². The van der Waals surface area contributed by atoms with Crippen molar-refractivity contribution in [2.75, 3.05) is 0 Å². The first-order valence-corrected chi connectivity index (χ1v) is 11.4. The molecule has 0 N–H and O–H groups in total. The van der Waals surface area contributed by atoms with Gasteiger partial charge in [-0.2, -0.15) is 79.9 Å². The number of benzene rings is 2. The van der Waals surface area contributed by atoms with E-state index in [1.807, 2.05) is 24.3 Å². The van der Waals surface area contributed by atoms with Crippen molar-refractivity contribution < 1.29 is 21.7 Å². The standard InChI is InChI=1S/2C11H15.2C5H5.Ti/c2*1-7-6-8(2)10(4)11(5)9(7)3;2*1-2-4-5-3-1;/h2*1-5H3;2*1-3H,4H2;/q4*-1;+4. The first-order valence-electron chi connectivity index (χ1n) is 11.4. The van der Waals surface area contributed by atoms with E-state index in [-0.39, 0.29) is 21.7 Å². The maximum absolute atomic E-state index is 3.35. The van der Waals surface area contributed by atoms with Gasteiger partial charge in [0.05, 0.1) is 0 Å². The van der Waals surface area contributed by atoms with Gasteiger partial charge in [-0.25, -0.2) is 24.3 Å². The van der Waals surface area contributed by atoms with E-state index in [9.17, 15) is 0 Å². The summed E-state index contributed by atoms with van der Waals surface area (Å²) in [5, 5.41) is 0. The minimum atomic E-state index is 0. The average Bonchev–Trinajstić information content (AvgIpc) is 3.53. The van der Waals surface area contributed by atoms with Crippen molar-refractivity contribution in [3.63, 3.8) is 0 Å².